The van der Waals surface area contributed by atoms with Crippen LogP contribution < -0.4 is 0 Å². The Hall–Kier alpha value is -2.50. The van der Waals surface area contributed by atoms with Crippen molar-refractivity contribution in [2.45, 2.75) is 55.9 Å². The molecular weight excluding hydrogens is 665 g/mol. The lowest BCUT2D eigenvalue weighted by Crippen LogP contribution is -2.39. The highest BCUT2D eigenvalue weighted by Gasteiger charge is 2.45. The molecule has 246 valence electrons. The molecule has 13 heteroatoms. The van der Waals surface area contributed by atoms with E-state index >= 15 is 0 Å². The van der Waals surface area contributed by atoms with Gasteiger partial charge in [-0.3, -0.25) is 4.79 Å². The second-order valence-electron chi connectivity index (χ2n) is 11.5. The molecular formula is C32H33Cl3F6N2O2. The van der Waals surface area contributed by atoms with Crippen LogP contribution in [0.4, 0.5) is 26.3 Å². The molecule has 2 heterocycles. The van der Waals surface area contributed by atoms with Crippen LogP contribution in [-0.2, 0) is 29.1 Å². The number of alkyl halides is 6. The van der Waals surface area contributed by atoms with Crippen LogP contribution in [0.5, 0.6) is 0 Å². The van der Waals surface area contributed by atoms with E-state index in [1.807, 2.05) is 18.2 Å². The fourth-order valence-corrected chi connectivity index (χ4v) is 6.60. The Morgan fingerprint density at radius 2 is 1.42 bits per heavy atom. The molecule has 0 aliphatic carbocycles. The Balaban J connectivity index is 0.00000276. The number of benzene rings is 3. The van der Waals surface area contributed by atoms with Crippen LogP contribution in [0.2, 0.25) is 10.0 Å². The van der Waals surface area contributed by atoms with Gasteiger partial charge in [-0.1, -0.05) is 59.6 Å². The number of nitrogens with zero attached hydrogens (tertiary/aromatic N) is 2. The third-order valence-electron chi connectivity index (χ3n) is 8.65. The molecule has 5 rings (SSSR count). The largest absolute Gasteiger partial charge is 0.416 e. The topological polar surface area (TPSA) is 55.1 Å². The van der Waals surface area contributed by atoms with Gasteiger partial charge in [-0.15, -0.1) is 12.4 Å². The number of likely N-dealkylation sites (tertiary alicyclic amines) is 2. The summed E-state index contributed by atoms with van der Waals surface area (Å²) in [6.07, 6.45) is -7.35. The monoisotopic (exact) mass is 696 g/mol. The minimum Gasteiger partial charge on any atom is -0.412 e. The van der Waals surface area contributed by atoms with E-state index in [-0.39, 0.29) is 54.9 Å². The summed E-state index contributed by atoms with van der Waals surface area (Å²) in [4.78, 5) is 17.0. The molecule has 2 aliphatic heterocycles. The summed E-state index contributed by atoms with van der Waals surface area (Å²) in [6.45, 7) is 2.17. The number of hydrogen-bond acceptors (Lipinski definition) is 2. The zero-order valence-corrected chi connectivity index (χ0v) is 26.4. The molecule has 0 saturated carbocycles. The normalized spacial score (nSPS) is 19.7. The number of halogens is 9. The summed E-state index contributed by atoms with van der Waals surface area (Å²) in [5, 5.41) is 0.647. The van der Waals surface area contributed by atoms with Gasteiger partial charge in [0.25, 0.3) is 0 Å². The smallest absolute Gasteiger partial charge is 0.412 e. The van der Waals surface area contributed by atoms with Crippen molar-refractivity contribution in [2.75, 3.05) is 26.2 Å². The molecule has 2 saturated heterocycles. The van der Waals surface area contributed by atoms with E-state index in [0.717, 1.165) is 31.5 Å². The molecule has 3 aromatic carbocycles. The molecule has 45 heavy (non-hydrogen) atoms. The first-order chi connectivity index (χ1) is 20.2. The number of carbonyl (C=O) groups excluding carboxylic acids is 1. The van der Waals surface area contributed by atoms with Gasteiger partial charge >= 0.3 is 12.4 Å². The second-order valence-corrected chi connectivity index (χ2v) is 12.3. The van der Waals surface area contributed by atoms with Crippen LogP contribution in [0.1, 0.15) is 59.4 Å². The van der Waals surface area contributed by atoms with Gasteiger partial charge in [-0.2, -0.15) is 26.3 Å². The molecule has 2 fully saturated rings. The third-order valence-corrected chi connectivity index (χ3v) is 9.39. The van der Waals surface area contributed by atoms with Gasteiger partial charge in [0, 0.05) is 24.9 Å². The zero-order chi connectivity index (χ0) is 31.0. The molecule has 1 amide bonds. The maximum absolute atomic E-state index is 13.5. The van der Waals surface area contributed by atoms with Crippen LogP contribution in [0.25, 0.3) is 0 Å². The van der Waals surface area contributed by atoms with Crippen molar-refractivity contribution in [1.82, 2.24) is 9.80 Å². The molecule has 1 unspecified atom stereocenters. The second kappa shape index (κ2) is 14.5. The van der Waals surface area contributed by atoms with Crippen LogP contribution in [0, 0.1) is 0 Å². The molecule has 0 spiro atoms. The Bertz CT molecular complexity index is 1430. The Morgan fingerprint density at radius 3 is 1.98 bits per heavy atom. The summed E-state index contributed by atoms with van der Waals surface area (Å²) in [7, 11) is 0. The minimum absolute atomic E-state index is 0. The van der Waals surface area contributed by atoms with Gasteiger partial charge in [0.15, 0.2) is 0 Å². The average molecular weight is 698 g/mol. The number of amides is 1. The van der Waals surface area contributed by atoms with Crippen molar-refractivity contribution in [3.8, 4) is 0 Å². The third kappa shape index (κ3) is 8.65. The summed E-state index contributed by atoms with van der Waals surface area (Å²) >= 11 is 12.5. The molecule has 0 radical (unpaired) electrons. The van der Waals surface area contributed by atoms with Crippen molar-refractivity contribution in [3.63, 3.8) is 0 Å². The maximum Gasteiger partial charge on any atom is 0.416 e. The summed E-state index contributed by atoms with van der Waals surface area (Å²) in [5.41, 5.74) is -1.71. The van der Waals surface area contributed by atoms with Gasteiger partial charge < -0.3 is 15.3 Å². The van der Waals surface area contributed by atoms with E-state index in [4.69, 9.17) is 23.2 Å². The Labute approximate surface area is 274 Å². The highest BCUT2D eigenvalue weighted by atomic mass is 35.5. The average Bonchev–Trinajstić information content (AvgIpc) is 3.28. The lowest BCUT2D eigenvalue weighted by atomic mass is 9.76. The first-order valence-corrected chi connectivity index (χ1v) is 14.8. The van der Waals surface area contributed by atoms with Crippen molar-refractivity contribution < 1.29 is 36.6 Å². The first kappa shape index (κ1) is 37.0. The SMILES string of the molecule is Cl.O.O=C1CC(CCN2CCC(c3ccccc3)CC2)(c2ccc(Cl)c(Cl)c2)CN1Cc1cc(C(F)(F)F)cc(C(F)(F)F)c1. The number of carbonyl (C=O) groups is 1. The van der Waals surface area contributed by atoms with Crippen molar-refractivity contribution in [2.24, 2.45) is 0 Å². The van der Waals surface area contributed by atoms with Gasteiger partial charge in [0.2, 0.25) is 5.91 Å². The van der Waals surface area contributed by atoms with Gasteiger partial charge in [0.05, 0.1) is 21.2 Å². The van der Waals surface area contributed by atoms with E-state index in [1.165, 1.54) is 10.5 Å². The number of rotatable bonds is 7. The first-order valence-electron chi connectivity index (χ1n) is 14.0. The van der Waals surface area contributed by atoms with Crippen LogP contribution in [-0.4, -0.2) is 47.4 Å². The predicted octanol–water partition coefficient (Wildman–Crippen LogP) is 8.57. The van der Waals surface area contributed by atoms with Gasteiger partial charge in [-0.05, 0) is 91.8 Å². The van der Waals surface area contributed by atoms with Crippen LogP contribution in [0.3, 0.4) is 0 Å². The molecule has 2 aliphatic rings. The zero-order valence-electron chi connectivity index (χ0n) is 24.0. The van der Waals surface area contributed by atoms with Gasteiger partial charge in [0.1, 0.15) is 0 Å². The summed E-state index contributed by atoms with van der Waals surface area (Å²) in [6, 6.07) is 16.9. The summed E-state index contributed by atoms with van der Waals surface area (Å²) < 4.78 is 80.8. The van der Waals surface area contributed by atoms with Crippen molar-refractivity contribution in [3.05, 3.63) is 105 Å². The molecule has 2 N–H and O–H groups in total. The molecule has 0 aromatic heterocycles. The highest BCUT2D eigenvalue weighted by Crippen LogP contribution is 2.43. The molecule has 4 nitrogen and oxygen atoms in total. The van der Waals surface area contributed by atoms with Crippen molar-refractivity contribution >= 4 is 41.5 Å². The quantitative estimate of drug-likeness (QED) is 0.233. The molecule has 1 atom stereocenters. The molecule has 3 aromatic rings. The van der Waals surface area contributed by atoms with E-state index in [2.05, 4.69) is 17.0 Å². The Kier molecular flexibility index (Phi) is 11.9. The van der Waals surface area contributed by atoms with E-state index in [9.17, 15) is 31.1 Å². The number of piperidine rings is 1. The molecule has 0 bridgehead atoms. The maximum atomic E-state index is 13.5. The van der Waals surface area contributed by atoms with Gasteiger partial charge in [-0.25, -0.2) is 0 Å². The standard InChI is InChI=1S/C32H30Cl2F6N2O.ClH.H2O/c33-27-7-6-24(17-28(27)34)30(10-13-41-11-8-23(9-12-41)22-4-2-1-3-5-22)18-29(43)42(20-30)19-21-14-25(31(35,36)37)16-26(15-21)32(38,39)40;;/h1-7,14-17,23H,8-13,18-20H2;1H;1H2. The van der Waals surface area contributed by atoms with E-state index in [1.54, 1.807) is 18.2 Å². The van der Waals surface area contributed by atoms with Crippen LogP contribution >= 0.6 is 35.6 Å². The Morgan fingerprint density at radius 1 is 0.822 bits per heavy atom. The number of hydrogen-bond donors (Lipinski definition) is 0. The van der Waals surface area contributed by atoms with Crippen LogP contribution in [0.15, 0.2) is 66.7 Å². The van der Waals surface area contributed by atoms with E-state index in [0.29, 0.717) is 41.1 Å². The summed E-state index contributed by atoms with van der Waals surface area (Å²) in [5.74, 6) is 0.124. The lowest BCUT2D eigenvalue weighted by Gasteiger charge is -2.36. The fourth-order valence-electron chi connectivity index (χ4n) is 6.30. The minimum atomic E-state index is -4.97. The fraction of sp³-hybridized carbons (Fsp3) is 0.406. The predicted molar refractivity (Wildman–Crippen MR) is 165 cm³/mol. The lowest BCUT2D eigenvalue weighted by molar-refractivity contribution is -0.143. The van der Waals surface area contributed by atoms with E-state index < -0.39 is 28.9 Å². The van der Waals surface area contributed by atoms with Crippen molar-refractivity contribution in [1.29, 1.82) is 0 Å². The highest BCUT2D eigenvalue weighted by molar-refractivity contribution is 6.42.